The molecule has 0 spiro atoms. The maximum Gasteiger partial charge on any atom is 0.244 e. The molecule has 0 aliphatic carbocycles. The van der Waals surface area contributed by atoms with E-state index in [9.17, 15) is 0 Å². The lowest BCUT2D eigenvalue weighted by Gasteiger charge is -2.33. The van der Waals surface area contributed by atoms with E-state index in [2.05, 4.69) is 20.0 Å². The zero-order valence-corrected chi connectivity index (χ0v) is 15.1. The van der Waals surface area contributed by atoms with Gasteiger partial charge in [-0.3, -0.25) is 9.47 Å². The van der Waals surface area contributed by atoms with Crippen LogP contribution in [0.25, 0.3) is 17.2 Å². The van der Waals surface area contributed by atoms with Crippen molar-refractivity contribution in [2.45, 2.75) is 37.8 Å². The second-order valence-corrected chi connectivity index (χ2v) is 7.07. The summed E-state index contributed by atoms with van der Waals surface area (Å²) in [5.74, 6) is 2.11. The number of ether oxygens (including phenoxy) is 1. The van der Waals surface area contributed by atoms with Gasteiger partial charge in [-0.1, -0.05) is 5.16 Å². The summed E-state index contributed by atoms with van der Waals surface area (Å²) in [4.78, 5) is 15.7. The summed E-state index contributed by atoms with van der Waals surface area (Å²) in [6, 6.07) is 4.66. The highest BCUT2D eigenvalue weighted by molar-refractivity contribution is 5.53. The number of imidazole rings is 1. The number of hydrogen-bond acceptors (Lipinski definition) is 7. The number of rotatable bonds is 4. The predicted molar refractivity (Wildman–Crippen MR) is 97.2 cm³/mol. The highest BCUT2D eigenvalue weighted by Crippen LogP contribution is 2.35. The van der Waals surface area contributed by atoms with Gasteiger partial charge in [0.2, 0.25) is 11.7 Å². The van der Waals surface area contributed by atoms with Crippen molar-refractivity contribution in [3.8, 4) is 17.2 Å². The SMILES string of the molecule is c1cn(-c2ccc(-c3noc(C4CCCN4C4CCOCC4)n3)cn2)cn1. The molecule has 27 heavy (non-hydrogen) atoms. The van der Waals surface area contributed by atoms with Crippen molar-refractivity contribution in [2.75, 3.05) is 19.8 Å². The minimum atomic E-state index is 0.215. The van der Waals surface area contributed by atoms with Crippen LogP contribution in [-0.2, 0) is 4.74 Å². The van der Waals surface area contributed by atoms with Crippen LogP contribution in [0, 0.1) is 0 Å². The Kier molecular flexibility index (Phi) is 4.43. The van der Waals surface area contributed by atoms with Crippen LogP contribution >= 0.6 is 0 Å². The molecule has 2 aliphatic heterocycles. The summed E-state index contributed by atoms with van der Waals surface area (Å²) in [7, 11) is 0. The number of pyridine rings is 1. The van der Waals surface area contributed by atoms with Crippen LogP contribution in [0.1, 0.15) is 37.6 Å². The third-order valence-corrected chi connectivity index (χ3v) is 5.46. The highest BCUT2D eigenvalue weighted by Gasteiger charge is 2.36. The van der Waals surface area contributed by atoms with Crippen LogP contribution in [-0.4, -0.2) is 55.4 Å². The van der Waals surface area contributed by atoms with Crippen LogP contribution in [0.5, 0.6) is 0 Å². The van der Waals surface area contributed by atoms with Gasteiger partial charge in [-0.15, -0.1) is 0 Å². The summed E-state index contributed by atoms with van der Waals surface area (Å²) in [5.41, 5.74) is 0.851. The monoisotopic (exact) mass is 366 g/mol. The van der Waals surface area contributed by atoms with E-state index < -0.39 is 0 Å². The topological polar surface area (TPSA) is 82.1 Å². The van der Waals surface area contributed by atoms with Crippen molar-refractivity contribution in [2.24, 2.45) is 0 Å². The molecule has 3 aromatic rings. The van der Waals surface area contributed by atoms with Crippen molar-refractivity contribution in [1.29, 1.82) is 0 Å². The van der Waals surface area contributed by atoms with Crippen molar-refractivity contribution < 1.29 is 9.26 Å². The first-order valence-electron chi connectivity index (χ1n) is 9.50. The van der Waals surface area contributed by atoms with E-state index in [1.165, 1.54) is 6.42 Å². The molecule has 2 saturated heterocycles. The van der Waals surface area contributed by atoms with Crippen molar-refractivity contribution in [3.05, 3.63) is 42.9 Å². The Bertz CT molecular complexity index is 870. The van der Waals surface area contributed by atoms with Gasteiger partial charge in [0.1, 0.15) is 12.1 Å². The summed E-state index contributed by atoms with van der Waals surface area (Å²) in [6.45, 7) is 2.78. The quantitative estimate of drug-likeness (QED) is 0.702. The standard InChI is InChI=1S/C19H22N6O2/c1-2-16(25(8-1)15-5-10-26-11-6-15)19-22-18(23-27-19)14-3-4-17(21-12-14)24-9-7-20-13-24/h3-4,7,9,12-13,15-16H,1-2,5-6,8,10-11H2. The second-order valence-electron chi connectivity index (χ2n) is 7.07. The normalized spacial score (nSPS) is 21.7. The lowest BCUT2D eigenvalue weighted by molar-refractivity contribution is 0.0243. The van der Waals surface area contributed by atoms with E-state index in [0.29, 0.717) is 17.8 Å². The molecule has 0 radical (unpaired) electrons. The molecule has 8 heteroatoms. The van der Waals surface area contributed by atoms with Crippen LogP contribution in [0.2, 0.25) is 0 Å². The molecular weight excluding hydrogens is 344 g/mol. The third kappa shape index (κ3) is 3.26. The maximum atomic E-state index is 5.65. The Hall–Kier alpha value is -2.58. The zero-order chi connectivity index (χ0) is 18.1. The Morgan fingerprint density at radius 1 is 1.11 bits per heavy atom. The van der Waals surface area contributed by atoms with Crippen molar-refractivity contribution in [3.63, 3.8) is 0 Å². The first kappa shape index (κ1) is 16.6. The molecular formula is C19H22N6O2. The van der Waals surface area contributed by atoms with Gasteiger partial charge in [0.15, 0.2) is 0 Å². The average molecular weight is 366 g/mol. The molecule has 5 heterocycles. The van der Waals surface area contributed by atoms with Gasteiger partial charge >= 0.3 is 0 Å². The minimum Gasteiger partial charge on any atom is -0.381 e. The van der Waals surface area contributed by atoms with E-state index in [1.807, 2.05) is 22.9 Å². The molecule has 0 N–H and O–H groups in total. The molecule has 0 bridgehead atoms. The van der Waals surface area contributed by atoms with Gasteiger partial charge in [-0.25, -0.2) is 9.97 Å². The molecule has 1 atom stereocenters. The lowest BCUT2D eigenvalue weighted by Crippen LogP contribution is -2.39. The van der Waals surface area contributed by atoms with E-state index in [1.54, 1.807) is 18.7 Å². The Morgan fingerprint density at radius 3 is 2.81 bits per heavy atom. The second kappa shape index (κ2) is 7.21. The van der Waals surface area contributed by atoms with Crippen molar-refractivity contribution >= 4 is 0 Å². The van der Waals surface area contributed by atoms with Crippen LogP contribution in [0.15, 0.2) is 41.6 Å². The molecule has 1 unspecified atom stereocenters. The highest BCUT2D eigenvalue weighted by atomic mass is 16.5. The van der Waals surface area contributed by atoms with Crippen LogP contribution < -0.4 is 0 Å². The van der Waals surface area contributed by atoms with E-state index in [-0.39, 0.29) is 6.04 Å². The third-order valence-electron chi connectivity index (χ3n) is 5.46. The summed E-state index contributed by atoms with van der Waals surface area (Å²) < 4.78 is 13.0. The molecule has 8 nitrogen and oxygen atoms in total. The van der Waals surface area contributed by atoms with Crippen molar-refractivity contribution in [1.82, 2.24) is 29.6 Å². The first-order chi connectivity index (χ1) is 13.4. The van der Waals surface area contributed by atoms with Gasteiger partial charge in [0.05, 0.1) is 6.04 Å². The fraction of sp³-hybridized carbons (Fsp3) is 0.474. The molecule has 2 fully saturated rings. The largest absolute Gasteiger partial charge is 0.381 e. The van der Waals surface area contributed by atoms with Gasteiger partial charge in [0, 0.05) is 43.4 Å². The summed E-state index contributed by atoms with van der Waals surface area (Å²) in [6.07, 6.45) is 11.5. The number of nitrogens with zero attached hydrogens (tertiary/aromatic N) is 6. The molecule has 2 aliphatic rings. The van der Waals surface area contributed by atoms with Gasteiger partial charge in [0.25, 0.3) is 0 Å². The Labute approximate surface area is 157 Å². The molecule has 3 aromatic heterocycles. The number of aromatic nitrogens is 5. The van der Waals surface area contributed by atoms with Gasteiger partial charge in [-0.05, 0) is 44.4 Å². The number of likely N-dealkylation sites (tertiary alicyclic amines) is 1. The number of hydrogen-bond donors (Lipinski definition) is 0. The predicted octanol–water partition coefficient (Wildman–Crippen LogP) is 2.63. The first-order valence-corrected chi connectivity index (χ1v) is 9.50. The van der Waals surface area contributed by atoms with E-state index >= 15 is 0 Å². The zero-order valence-electron chi connectivity index (χ0n) is 15.1. The van der Waals surface area contributed by atoms with Crippen LogP contribution in [0.4, 0.5) is 0 Å². The average Bonchev–Trinajstić information content (AvgIpc) is 3.50. The van der Waals surface area contributed by atoms with E-state index in [4.69, 9.17) is 14.2 Å². The fourth-order valence-corrected chi connectivity index (χ4v) is 4.06. The molecule has 140 valence electrons. The summed E-state index contributed by atoms with van der Waals surface area (Å²) >= 11 is 0. The lowest BCUT2D eigenvalue weighted by atomic mass is 10.1. The Morgan fingerprint density at radius 2 is 2.04 bits per heavy atom. The molecule has 5 rings (SSSR count). The molecule has 0 amide bonds. The fourth-order valence-electron chi connectivity index (χ4n) is 4.06. The smallest absolute Gasteiger partial charge is 0.244 e. The van der Waals surface area contributed by atoms with E-state index in [0.717, 1.165) is 50.4 Å². The van der Waals surface area contributed by atoms with Gasteiger partial charge in [-0.2, -0.15) is 4.98 Å². The van der Waals surface area contributed by atoms with Gasteiger partial charge < -0.3 is 9.26 Å². The Balaban J connectivity index is 1.34. The molecule has 0 saturated carbocycles. The van der Waals surface area contributed by atoms with Crippen LogP contribution in [0.3, 0.4) is 0 Å². The maximum absolute atomic E-state index is 5.65. The minimum absolute atomic E-state index is 0.215. The summed E-state index contributed by atoms with van der Waals surface area (Å²) in [5, 5.41) is 4.21. The molecule has 0 aromatic carbocycles.